The lowest BCUT2D eigenvalue weighted by Gasteiger charge is -2.32. The van der Waals surface area contributed by atoms with Crippen molar-refractivity contribution in [2.75, 3.05) is 19.6 Å². The van der Waals surface area contributed by atoms with Crippen molar-refractivity contribution in [1.29, 1.82) is 0 Å². The Labute approximate surface area is 157 Å². The van der Waals surface area contributed by atoms with Crippen molar-refractivity contribution in [3.63, 3.8) is 0 Å². The number of ether oxygens (including phenoxy) is 1. The van der Waals surface area contributed by atoms with E-state index in [1.807, 2.05) is 39.5 Å². The Balaban J connectivity index is 1.83. The maximum Gasteiger partial charge on any atom is 0.407 e. The Morgan fingerprint density at radius 2 is 1.84 bits per heavy atom. The molecule has 25 heavy (non-hydrogen) atoms. The quantitative estimate of drug-likeness (QED) is 0.809. The van der Waals surface area contributed by atoms with E-state index in [9.17, 15) is 9.59 Å². The molecule has 0 aliphatic carbocycles. The van der Waals surface area contributed by atoms with Crippen LogP contribution in [0, 0.1) is 19.8 Å². The molecule has 0 saturated carbocycles. The molecular formula is C18H27BrN2O4. The first-order chi connectivity index (χ1) is 11.6. The largest absolute Gasteiger partial charge is 0.465 e. The van der Waals surface area contributed by atoms with E-state index < -0.39 is 5.60 Å². The molecule has 1 N–H and O–H groups in total. The number of hydrogen-bond acceptors (Lipinski definition) is 4. The minimum Gasteiger partial charge on any atom is -0.465 e. The number of carbonyl (C=O) groups is 2. The van der Waals surface area contributed by atoms with Crippen LogP contribution in [-0.4, -0.2) is 42.1 Å². The molecule has 0 atom stereocenters. The number of halogens is 1. The van der Waals surface area contributed by atoms with Crippen molar-refractivity contribution in [1.82, 2.24) is 10.2 Å². The molecule has 0 radical (unpaired) electrons. The van der Waals surface area contributed by atoms with Gasteiger partial charge < -0.3 is 19.4 Å². The Bertz CT molecular complexity index is 640. The van der Waals surface area contributed by atoms with Crippen molar-refractivity contribution in [3.8, 4) is 0 Å². The molecule has 2 heterocycles. The number of amides is 2. The highest BCUT2D eigenvalue weighted by molar-refractivity contribution is 9.10. The molecule has 6 nitrogen and oxygen atoms in total. The fraction of sp³-hybridized carbons (Fsp3) is 0.667. The number of rotatable bonds is 3. The van der Waals surface area contributed by atoms with Gasteiger partial charge in [0.05, 0.1) is 10.0 Å². The summed E-state index contributed by atoms with van der Waals surface area (Å²) in [5.74, 6) is 1.72. The van der Waals surface area contributed by atoms with Crippen LogP contribution in [0.5, 0.6) is 0 Å². The van der Waals surface area contributed by atoms with Crippen LogP contribution in [0.2, 0.25) is 0 Å². The van der Waals surface area contributed by atoms with Crippen molar-refractivity contribution in [2.24, 2.45) is 5.92 Å². The third kappa shape index (κ3) is 5.23. The Hall–Kier alpha value is -1.50. The van der Waals surface area contributed by atoms with Gasteiger partial charge in [-0.25, -0.2) is 4.79 Å². The third-order valence-corrected chi connectivity index (χ3v) is 5.19. The monoisotopic (exact) mass is 414 g/mol. The number of piperidine rings is 1. The van der Waals surface area contributed by atoms with Crippen molar-refractivity contribution in [3.05, 3.63) is 21.6 Å². The van der Waals surface area contributed by atoms with Crippen LogP contribution in [-0.2, 0) is 4.74 Å². The second-order valence-electron chi connectivity index (χ2n) is 7.52. The van der Waals surface area contributed by atoms with E-state index in [0.29, 0.717) is 36.9 Å². The molecule has 0 bridgehead atoms. The smallest absolute Gasteiger partial charge is 0.407 e. The number of nitrogens with one attached hydrogen (secondary N) is 1. The summed E-state index contributed by atoms with van der Waals surface area (Å²) in [6, 6.07) is 0. The molecule has 2 rings (SSSR count). The van der Waals surface area contributed by atoms with Crippen molar-refractivity contribution in [2.45, 2.75) is 53.1 Å². The summed E-state index contributed by atoms with van der Waals surface area (Å²) < 4.78 is 11.5. The standard InChI is InChI=1S/C18H27BrN2O4/c1-11-14(15(19)12(2)24-11)16(22)21-8-6-13(7-9-21)10-20-17(23)25-18(3,4)5/h13H,6-10H2,1-5H3,(H,20,23). The highest BCUT2D eigenvalue weighted by Gasteiger charge is 2.28. The second-order valence-corrected chi connectivity index (χ2v) is 8.31. The molecule has 7 heteroatoms. The van der Waals surface area contributed by atoms with E-state index >= 15 is 0 Å². The summed E-state index contributed by atoms with van der Waals surface area (Å²) in [7, 11) is 0. The molecule has 0 aromatic carbocycles. The lowest BCUT2D eigenvalue weighted by molar-refractivity contribution is 0.0500. The molecule has 1 fully saturated rings. The number of carbonyl (C=O) groups excluding carboxylic acids is 2. The fourth-order valence-electron chi connectivity index (χ4n) is 2.94. The van der Waals surface area contributed by atoms with Gasteiger partial charge in [0, 0.05) is 19.6 Å². The molecule has 1 aliphatic heterocycles. The van der Waals surface area contributed by atoms with E-state index in [2.05, 4.69) is 21.2 Å². The zero-order valence-corrected chi connectivity index (χ0v) is 17.2. The zero-order valence-electron chi connectivity index (χ0n) is 15.6. The topological polar surface area (TPSA) is 71.8 Å². The van der Waals surface area contributed by atoms with Crippen LogP contribution in [0.25, 0.3) is 0 Å². The molecular weight excluding hydrogens is 388 g/mol. The van der Waals surface area contributed by atoms with E-state index in [1.165, 1.54) is 0 Å². The molecule has 140 valence electrons. The van der Waals surface area contributed by atoms with E-state index in [-0.39, 0.29) is 12.0 Å². The van der Waals surface area contributed by atoms with Gasteiger partial charge in [0.1, 0.15) is 17.1 Å². The number of likely N-dealkylation sites (tertiary alicyclic amines) is 1. The van der Waals surface area contributed by atoms with Gasteiger partial charge in [0.15, 0.2) is 0 Å². The van der Waals surface area contributed by atoms with Crippen molar-refractivity contribution < 1.29 is 18.7 Å². The molecule has 2 amide bonds. The average molecular weight is 415 g/mol. The van der Waals surface area contributed by atoms with E-state index in [0.717, 1.165) is 23.1 Å². The van der Waals surface area contributed by atoms with Gasteiger partial charge in [0.2, 0.25) is 0 Å². The number of alkyl carbamates (subject to hydrolysis) is 1. The Morgan fingerprint density at radius 1 is 1.24 bits per heavy atom. The summed E-state index contributed by atoms with van der Waals surface area (Å²) in [5.41, 5.74) is 0.122. The molecule has 1 aromatic heterocycles. The van der Waals surface area contributed by atoms with Gasteiger partial charge in [-0.3, -0.25) is 4.79 Å². The van der Waals surface area contributed by atoms with Crippen LogP contribution >= 0.6 is 15.9 Å². The Morgan fingerprint density at radius 3 is 2.32 bits per heavy atom. The lowest BCUT2D eigenvalue weighted by atomic mass is 9.96. The first kappa shape index (κ1) is 19.8. The number of hydrogen-bond donors (Lipinski definition) is 1. The van der Waals surface area contributed by atoms with Gasteiger partial charge in [-0.05, 0) is 69.3 Å². The highest BCUT2D eigenvalue weighted by atomic mass is 79.9. The summed E-state index contributed by atoms with van der Waals surface area (Å²) in [6.07, 6.45) is 1.32. The summed E-state index contributed by atoms with van der Waals surface area (Å²) in [5, 5.41) is 2.82. The maximum absolute atomic E-state index is 12.7. The third-order valence-electron chi connectivity index (χ3n) is 4.24. The first-order valence-electron chi connectivity index (χ1n) is 8.60. The number of furan rings is 1. The zero-order chi connectivity index (χ0) is 18.8. The molecule has 0 spiro atoms. The van der Waals surface area contributed by atoms with Crippen LogP contribution in [0.15, 0.2) is 8.89 Å². The van der Waals surface area contributed by atoms with Crippen molar-refractivity contribution >= 4 is 27.9 Å². The maximum atomic E-state index is 12.7. The number of nitrogens with zero attached hydrogens (tertiary/aromatic N) is 1. The summed E-state index contributed by atoms with van der Waals surface area (Å²) >= 11 is 3.44. The lowest BCUT2D eigenvalue weighted by Crippen LogP contribution is -2.42. The minimum atomic E-state index is -0.492. The second kappa shape index (κ2) is 7.81. The van der Waals surface area contributed by atoms with Crippen LogP contribution in [0.1, 0.15) is 55.5 Å². The molecule has 1 aromatic rings. The van der Waals surface area contributed by atoms with Gasteiger partial charge in [-0.2, -0.15) is 0 Å². The van der Waals surface area contributed by atoms with Crippen LogP contribution in [0.3, 0.4) is 0 Å². The minimum absolute atomic E-state index is 0.000207. The van der Waals surface area contributed by atoms with Gasteiger partial charge >= 0.3 is 6.09 Å². The molecule has 0 unspecified atom stereocenters. The van der Waals surface area contributed by atoms with Gasteiger partial charge in [-0.15, -0.1) is 0 Å². The predicted molar refractivity (Wildman–Crippen MR) is 98.7 cm³/mol. The predicted octanol–water partition coefficient (Wildman–Crippen LogP) is 4.04. The average Bonchev–Trinajstić information content (AvgIpc) is 2.76. The normalized spacial score (nSPS) is 16.0. The molecule has 1 saturated heterocycles. The summed E-state index contributed by atoms with van der Waals surface area (Å²) in [4.78, 5) is 26.3. The highest BCUT2D eigenvalue weighted by Crippen LogP contribution is 2.29. The van der Waals surface area contributed by atoms with Gasteiger partial charge in [0.25, 0.3) is 5.91 Å². The first-order valence-corrected chi connectivity index (χ1v) is 9.39. The van der Waals surface area contributed by atoms with Crippen LogP contribution < -0.4 is 5.32 Å². The molecule has 1 aliphatic rings. The van der Waals surface area contributed by atoms with E-state index in [4.69, 9.17) is 9.15 Å². The van der Waals surface area contributed by atoms with E-state index in [1.54, 1.807) is 0 Å². The summed E-state index contributed by atoms with van der Waals surface area (Å²) in [6.45, 7) is 11.1. The fourth-order valence-corrected chi connectivity index (χ4v) is 3.47. The Kier molecular flexibility index (Phi) is 6.19. The SMILES string of the molecule is Cc1oc(C)c(C(=O)N2CCC(CNC(=O)OC(C)(C)C)CC2)c1Br. The van der Waals surface area contributed by atoms with Gasteiger partial charge in [-0.1, -0.05) is 0 Å². The number of aryl methyl sites for hydroxylation is 2. The van der Waals surface area contributed by atoms with Crippen LogP contribution in [0.4, 0.5) is 4.79 Å².